The SMILES string of the molecule is COC[C@@H](COCCCN=C1NS(=O)(=O)c2cc([N+](=O)[O-])ccc21)OC. The maximum absolute atomic E-state index is 12.1. The van der Waals surface area contributed by atoms with Gasteiger partial charge < -0.3 is 14.2 Å². The van der Waals surface area contributed by atoms with Gasteiger partial charge in [-0.2, -0.15) is 0 Å². The van der Waals surface area contributed by atoms with E-state index < -0.39 is 14.9 Å². The molecule has 0 aromatic heterocycles. The van der Waals surface area contributed by atoms with Gasteiger partial charge in [-0.25, -0.2) is 8.42 Å². The highest BCUT2D eigenvalue weighted by Crippen LogP contribution is 2.27. The number of sulfonamides is 1. The molecule has 1 heterocycles. The minimum atomic E-state index is -3.83. The third kappa shape index (κ3) is 4.97. The molecule has 1 N–H and O–H groups in total. The maximum Gasteiger partial charge on any atom is 0.270 e. The molecule has 1 aliphatic heterocycles. The summed E-state index contributed by atoms with van der Waals surface area (Å²) in [5, 5.41) is 10.8. The second-order valence-electron chi connectivity index (χ2n) is 5.51. The van der Waals surface area contributed by atoms with Gasteiger partial charge in [0.1, 0.15) is 16.8 Å². The summed E-state index contributed by atoms with van der Waals surface area (Å²) in [4.78, 5) is 14.3. The molecule has 1 aromatic rings. The Balaban J connectivity index is 1.92. The Morgan fingerprint density at radius 3 is 2.73 bits per heavy atom. The molecule has 11 heteroatoms. The second-order valence-corrected chi connectivity index (χ2v) is 7.17. The van der Waals surface area contributed by atoms with Gasteiger partial charge in [0.25, 0.3) is 15.7 Å². The number of nitrogens with one attached hydrogen (secondary N) is 1. The highest BCUT2D eigenvalue weighted by molar-refractivity contribution is 7.90. The van der Waals surface area contributed by atoms with Crippen LogP contribution in [0, 0.1) is 10.1 Å². The highest BCUT2D eigenvalue weighted by atomic mass is 32.2. The first-order valence-electron chi connectivity index (χ1n) is 7.84. The first-order valence-corrected chi connectivity index (χ1v) is 9.33. The van der Waals surface area contributed by atoms with Gasteiger partial charge in [0.15, 0.2) is 0 Å². The average molecular weight is 387 g/mol. The second kappa shape index (κ2) is 9.03. The molecule has 0 saturated carbocycles. The zero-order valence-corrected chi connectivity index (χ0v) is 15.3. The molecular formula is C15H21N3O7S. The number of methoxy groups -OCH3 is 2. The predicted octanol–water partition coefficient (Wildman–Crippen LogP) is 0.701. The van der Waals surface area contributed by atoms with Crippen LogP contribution in [0.1, 0.15) is 12.0 Å². The molecule has 0 unspecified atom stereocenters. The van der Waals surface area contributed by atoms with Gasteiger partial charge in [-0.3, -0.25) is 19.8 Å². The number of non-ortho nitro benzene ring substituents is 1. The minimum absolute atomic E-state index is 0.135. The molecule has 0 saturated heterocycles. The van der Waals surface area contributed by atoms with Crippen LogP contribution in [0.2, 0.25) is 0 Å². The number of benzene rings is 1. The lowest BCUT2D eigenvalue weighted by Crippen LogP contribution is -2.24. The molecule has 0 radical (unpaired) electrons. The Bertz CT molecular complexity index is 779. The molecule has 1 atom stereocenters. The zero-order chi connectivity index (χ0) is 19.2. The fourth-order valence-electron chi connectivity index (χ4n) is 2.34. The van der Waals surface area contributed by atoms with E-state index in [-0.39, 0.29) is 22.5 Å². The Labute approximate surface area is 151 Å². The number of rotatable bonds is 10. The van der Waals surface area contributed by atoms with E-state index in [0.717, 1.165) is 6.07 Å². The molecule has 0 bridgehead atoms. The molecule has 10 nitrogen and oxygen atoms in total. The van der Waals surface area contributed by atoms with E-state index in [1.165, 1.54) is 12.1 Å². The summed E-state index contributed by atoms with van der Waals surface area (Å²) < 4.78 is 42.1. The van der Waals surface area contributed by atoms with E-state index in [2.05, 4.69) is 9.71 Å². The molecule has 1 aliphatic rings. The number of aliphatic imine (C=N–C) groups is 1. The molecule has 144 valence electrons. The van der Waals surface area contributed by atoms with E-state index in [1.54, 1.807) is 14.2 Å². The summed E-state index contributed by atoms with van der Waals surface area (Å²) in [6.45, 7) is 1.60. The minimum Gasteiger partial charge on any atom is -0.382 e. The number of amidine groups is 1. The molecule has 26 heavy (non-hydrogen) atoms. The first kappa shape index (κ1) is 20.2. The Morgan fingerprint density at radius 2 is 2.08 bits per heavy atom. The predicted molar refractivity (Wildman–Crippen MR) is 92.9 cm³/mol. The van der Waals surface area contributed by atoms with Crippen LogP contribution in [0.3, 0.4) is 0 Å². The van der Waals surface area contributed by atoms with Gasteiger partial charge in [-0.05, 0) is 12.5 Å². The highest BCUT2D eigenvalue weighted by Gasteiger charge is 2.32. The van der Waals surface area contributed by atoms with Crippen LogP contribution in [0.15, 0.2) is 28.1 Å². The van der Waals surface area contributed by atoms with Crippen LogP contribution >= 0.6 is 0 Å². The summed E-state index contributed by atoms with van der Waals surface area (Å²) in [6.07, 6.45) is 0.437. The van der Waals surface area contributed by atoms with E-state index in [0.29, 0.717) is 38.3 Å². The summed E-state index contributed by atoms with van der Waals surface area (Å²) >= 11 is 0. The standard InChI is InChI=1S/C15H21N3O7S/c1-23-9-12(24-2)10-25-7-3-6-16-15-13-5-4-11(18(19)20)8-14(13)26(21,22)17-15/h4-5,8,12H,3,6-7,9-10H2,1-2H3,(H,16,17)/t12-/m0/s1. The van der Waals surface area contributed by atoms with Crippen molar-refractivity contribution in [3.63, 3.8) is 0 Å². The fourth-order valence-corrected chi connectivity index (χ4v) is 3.61. The normalized spacial score (nSPS) is 17.7. The summed E-state index contributed by atoms with van der Waals surface area (Å²) in [6, 6.07) is 3.67. The number of hydrogen-bond acceptors (Lipinski definition) is 8. The zero-order valence-electron chi connectivity index (χ0n) is 14.5. The molecule has 0 aliphatic carbocycles. The summed E-state index contributed by atoms with van der Waals surface area (Å²) in [5.41, 5.74) is 0.0450. The Hall–Kier alpha value is -2.08. The lowest BCUT2D eigenvalue weighted by atomic mass is 10.2. The van der Waals surface area contributed by atoms with Crippen LogP contribution in [-0.4, -0.2) is 65.9 Å². The summed E-state index contributed by atoms with van der Waals surface area (Å²) in [7, 11) is -0.669. The first-order chi connectivity index (χ1) is 12.4. The van der Waals surface area contributed by atoms with E-state index in [9.17, 15) is 18.5 Å². The van der Waals surface area contributed by atoms with Crippen LogP contribution in [-0.2, 0) is 24.2 Å². The van der Waals surface area contributed by atoms with Gasteiger partial charge >= 0.3 is 0 Å². The third-order valence-electron chi connectivity index (χ3n) is 3.66. The summed E-state index contributed by atoms with van der Waals surface area (Å²) in [5.74, 6) is 0.184. The van der Waals surface area contributed by atoms with Crippen molar-refractivity contribution in [2.45, 2.75) is 17.4 Å². The van der Waals surface area contributed by atoms with Crippen molar-refractivity contribution in [3.8, 4) is 0 Å². The topological polar surface area (TPSA) is 129 Å². The lowest BCUT2D eigenvalue weighted by molar-refractivity contribution is -0.385. The van der Waals surface area contributed by atoms with Gasteiger partial charge in [-0.15, -0.1) is 0 Å². The molecule has 0 fully saturated rings. The number of nitrogens with zero attached hydrogens (tertiary/aromatic N) is 2. The van der Waals surface area contributed by atoms with E-state index in [1.807, 2.05) is 0 Å². The molecule has 0 spiro atoms. The lowest BCUT2D eigenvalue weighted by Gasteiger charge is -2.14. The number of hydrogen-bond donors (Lipinski definition) is 1. The van der Waals surface area contributed by atoms with Gasteiger partial charge in [0, 0.05) is 45.1 Å². The van der Waals surface area contributed by atoms with E-state index in [4.69, 9.17) is 14.2 Å². The van der Waals surface area contributed by atoms with Gasteiger partial charge in [-0.1, -0.05) is 0 Å². The van der Waals surface area contributed by atoms with Crippen molar-refractivity contribution in [1.82, 2.24) is 4.72 Å². The van der Waals surface area contributed by atoms with Crippen LogP contribution in [0.4, 0.5) is 5.69 Å². The van der Waals surface area contributed by atoms with Gasteiger partial charge in [0.05, 0.1) is 18.1 Å². The van der Waals surface area contributed by atoms with Crippen molar-refractivity contribution >= 4 is 21.5 Å². The van der Waals surface area contributed by atoms with Crippen molar-refractivity contribution in [1.29, 1.82) is 0 Å². The van der Waals surface area contributed by atoms with Crippen LogP contribution in [0.25, 0.3) is 0 Å². The largest absolute Gasteiger partial charge is 0.382 e. The van der Waals surface area contributed by atoms with E-state index >= 15 is 0 Å². The van der Waals surface area contributed by atoms with Crippen molar-refractivity contribution < 1.29 is 27.6 Å². The monoisotopic (exact) mass is 387 g/mol. The molecule has 0 amide bonds. The molecular weight excluding hydrogens is 366 g/mol. The quantitative estimate of drug-likeness (QED) is 0.355. The third-order valence-corrected chi connectivity index (χ3v) is 5.04. The van der Waals surface area contributed by atoms with Gasteiger partial charge in [0.2, 0.25) is 0 Å². The molecule has 1 aromatic carbocycles. The van der Waals surface area contributed by atoms with Crippen molar-refractivity contribution in [2.75, 3.05) is 40.6 Å². The number of nitro groups is 1. The number of fused-ring (bicyclic) bond motifs is 1. The number of nitro benzene ring substituents is 1. The van der Waals surface area contributed by atoms with Crippen molar-refractivity contribution in [2.24, 2.45) is 4.99 Å². The Kier molecular flexibility index (Phi) is 7.03. The average Bonchev–Trinajstić information content (AvgIpc) is 2.87. The molecule has 2 rings (SSSR count). The maximum atomic E-state index is 12.1. The van der Waals surface area contributed by atoms with Crippen LogP contribution < -0.4 is 4.72 Å². The Morgan fingerprint density at radius 1 is 1.31 bits per heavy atom. The van der Waals surface area contributed by atoms with Crippen molar-refractivity contribution in [3.05, 3.63) is 33.9 Å². The smallest absolute Gasteiger partial charge is 0.270 e. The van der Waals surface area contributed by atoms with Crippen LogP contribution in [0.5, 0.6) is 0 Å². The fraction of sp³-hybridized carbons (Fsp3) is 0.533. The number of ether oxygens (including phenoxy) is 3.